The lowest BCUT2D eigenvalue weighted by molar-refractivity contribution is 0.102. The van der Waals surface area contributed by atoms with Gasteiger partial charge in [0.05, 0.1) is 23.4 Å². The largest absolute Gasteiger partial charge is 0.493 e. The van der Waals surface area contributed by atoms with Crippen LogP contribution in [0, 0.1) is 5.82 Å². The lowest BCUT2D eigenvalue weighted by atomic mass is 10.2. The second-order valence-electron chi connectivity index (χ2n) is 7.50. The average molecular weight is 489 g/mol. The molecule has 1 N–H and O–H groups in total. The van der Waals surface area contributed by atoms with E-state index in [1.165, 1.54) is 13.2 Å². The molecule has 0 atom stereocenters. The van der Waals surface area contributed by atoms with E-state index in [1.54, 1.807) is 72.9 Å². The molecule has 0 aliphatic rings. The van der Waals surface area contributed by atoms with E-state index >= 15 is 0 Å². The molecule has 4 aromatic rings. The number of nitrogens with one attached hydrogen (secondary N) is 1. The van der Waals surface area contributed by atoms with Crippen molar-refractivity contribution in [2.24, 2.45) is 4.99 Å². The Labute approximate surface area is 207 Å². The van der Waals surface area contributed by atoms with Crippen molar-refractivity contribution in [2.75, 3.05) is 12.4 Å². The van der Waals surface area contributed by atoms with Crippen LogP contribution in [0.1, 0.15) is 21.5 Å². The first kappa shape index (κ1) is 24.0. The Morgan fingerprint density at radius 2 is 1.77 bits per heavy atom. The second kappa shape index (κ2) is 11.3. The number of para-hydroxylation sites is 1. The molecule has 0 saturated carbocycles. The second-order valence-corrected chi connectivity index (χ2v) is 7.91. The van der Waals surface area contributed by atoms with Crippen molar-refractivity contribution in [1.82, 2.24) is 0 Å². The Bertz CT molecular complexity index is 1370. The highest BCUT2D eigenvalue weighted by atomic mass is 35.5. The van der Waals surface area contributed by atoms with Crippen LogP contribution >= 0.6 is 11.6 Å². The van der Waals surface area contributed by atoms with Crippen molar-refractivity contribution >= 4 is 35.1 Å². The zero-order valence-electron chi connectivity index (χ0n) is 18.9. The number of hydrogen-bond acceptors (Lipinski definition) is 4. The van der Waals surface area contributed by atoms with E-state index in [1.807, 2.05) is 18.2 Å². The molecule has 0 aromatic heterocycles. The Balaban J connectivity index is 1.53. The lowest BCUT2D eigenvalue weighted by Crippen LogP contribution is -2.12. The molecule has 35 heavy (non-hydrogen) atoms. The fourth-order valence-corrected chi connectivity index (χ4v) is 3.59. The Kier molecular flexibility index (Phi) is 7.75. The summed E-state index contributed by atoms with van der Waals surface area (Å²) in [7, 11) is 1.54. The molecule has 0 heterocycles. The average Bonchev–Trinajstić information content (AvgIpc) is 2.87. The van der Waals surface area contributed by atoms with Crippen LogP contribution in [0.4, 0.5) is 15.8 Å². The number of carbonyl (C=O) groups is 1. The smallest absolute Gasteiger partial charge is 0.257 e. The van der Waals surface area contributed by atoms with Gasteiger partial charge in [-0.2, -0.15) is 0 Å². The molecule has 0 aliphatic carbocycles. The number of rotatable bonds is 8. The number of anilines is 1. The van der Waals surface area contributed by atoms with E-state index in [4.69, 9.17) is 21.1 Å². The molecule has 0 fully saturated rings. The molecule has 0 aliphatic heterocycles. The van der Waals surface area contributed by atoms with Gasteiger partial charge in [0.25, 0.3) is 5.91 Å². The van der Waals surface area contributed by atoms with Crippen LogP contribution in [0.2, 0.25) is 5.02 Å². The SMILES string of the molecule is COc1cccc(C=Nc2cccc(NC(=O)c3ccccc3Cl)c2)c1OCc1ccccc1F. The molecule has 0 saturated heterocycles. The highest BCUT2D eigenvalue weighted by Gasteiger charge is 2.12. The quantitative estimate of drug-likeness (QED) is 0.270. The standard InChI is InChI=1S/C28H22ClFN2O3/c1-34-26-15-6-9-19(27(26)35-18-20-8-2-5-14-25(20)30)17-31-21-10-7-11-22(16-21)32-28(33)23-12-3-4-13-24(23)29/h2-17H,18H2,1H3,(H,32,33). The number of nitrogens with zero attached hydrogens (tertiary/aromatic N) is 1. The number of carbonyl (C=O) groups excluding carboxylic acids is 1. The Hall–Kier alpha value is -4.16. The van der Waals surface area contributed by atoms with Crippen LogP contribution in [0.25, 0.3) is 0 Å². The summed E-state index contributed by atoms with van der Waals surface area (Å²) in [6.45, 7) is 0.0391. The van der Waals surface area contributed by atoms with Crippen molar-refractivity contribution in [3.63, 3.8) is 0 Å². The van der Waals surface area contributed by atoms with E-state index in [0.717, 1.165) is 0 Å². The van der Waals surface area contributed by atoms with E-state index in [0.29, 0.717) is 44.6 Å². The van der Waals surface area contributed by atoms with Crippen molar-refractivity contribution < 1.29 is 18.7 Å². The van der Waals surface area contributed by atoms with E-state index in [-0.39, 0.29) is 18.3 Å². The Morgan fingerprint density at radius 3 is 2.57 bits per heavy atom. The predicted octanol–water partition coefficient (Wildman–Crippen LogP) is 7.07. The maximum atomic E-state index is 14.0. The molecule has 0 bridgehead atoms. The van der Waals surface area contributed by atoms with Crippen molar-refractivity contribution in [3.8, 4) is 11.5 Å². The van der Waals surface area contributed by atoms with Gasteiger partial charge in [-0.05, 0) is 48.5 Å². The third-order valence-electron chi connectivity index (χ3n) is 5.13. The van der Waals surface area contributed by atoms with Gasteiger partial charge >= 0.3 is 0 Å². The molecule has 176 valence electrons. The van der Waals surface area contributed by atoms with E-state index in [2.05, 4.69) is 10.3 Å². The normalized spacial score (nSPS) is 10.8. The number of amides is 1. The third-order valence-corrected chi connectivity index (χ3v) is 5.46. The van der Waals surface area contributed by atoms with Crippen LogP contribution in [0.3, 0.4) is 0 Å². The summed E-state index contributed by atoms with van der Waals surface area (Å²) in [5, 5.41) is 3.21. The summed E-state index contributed by atoms with van der Waals surface area (Å²) in [5.41, 5.74) is 2.67. The summed E-state index contributed by atoms with van der Waals surface area (Å²) in [5.74, 6) is 0.304. The highest BCUT2D eigenvalue weighted by molar-refractivity contribution is 6.34. The minimum atomic E-state index is -0.340. The number of aliphatic imine (C=N–C) groups is 1. The maximum absolute atomic E-state index is 14.0. The highest BCUT2D eigenvalue weighted by Crippen LogP contribution is 2.31. The molecule has 7 heteroatoms. The van der Waals surface area contributed by atoms with Crippen LogP contribution in [-0.4, -0.2) is 19.2 Å². The predicted molar refractivity (Wildman–Crippen MR) is 137 cm³/mol. The molecule has 0 unspecified atom stereocenters. The number of benzene rings is 4. The topological polar surface area (TPSA) is 59.9 Å². The van der Waals surface area contributed by atoms with Gasteiger partial charge in [0, 0.05) is 23.0 Å². The van der Waals surface area contributed by atoms with Gasteiger partial charge < -0.3 is 14.8 Å². The molecule has 4 rings (SSSR count). The molecule has 0 spiro atoms. The van der Waals surface area contributed by atoms with Crippen LogP contribution < -0.4 is 14.8 Å². The first-order valence-electron chi connectivity index (χ1n) is 10.8. The van der Waals surface area contributed by atoms with E-state index in [9.17, 15) is 9.18 Å². The fourth-order valence-electron chi connectivity index (χ4n) is 3.37. The first-order valence-corrected chi connectivity index (χ1v) is 11.2. The summed E-state index contributed by atoms with van der Waals surface area (Å²) >= 11 is 6.12. The van der Waals surface area contributed by atoms with Crippen molar-refractivity contribution in [3.05, 3.63) is 119 Å². The first-order chi connectivity index (χ1) is 17.0. The van der Waals surface area contributed by atoms with Crippen molar-refractivity contribution in [1.29, 1.82) is 0 Å². The minimum Gasteiger partial charge on any atom is -0.493 e. The van der Waals surface area contributed by atoms with Crippen molar-refractivity contribution in [2.45, 2.75) is 6.61 Å². The zero-order chi connectivity index (χ0) is 24.6. The van der Waals surface area contributed by atoms with Crippen LogP contribution in [0.5, 0.6) is 11.5 Å². The maximum Gasteiger partial charge on any atom is 0.257 e. The van der Waals surface area contributed by atoms with Gasteiger partial charge in [-0.3, -0.25) is 9.79 Å². The van der Waals surface area contributed by atoms with Gasteiger partial charge in [-0.1, -0.05) is 54.1 Å². The van der Waals surface area contributed by atoms with Gasteiger partial charge in [0.1, 0.15) is 12.4 Å². The number of halogens is 2. The number of hydrogen-bond donors (Lipinski definition) is 1. The van der Waals surface area contributed by atoms with Gasteiger partial charge in [0.2, 0.25) is 0 Å². The monoisotopic (exact) mass is 488 g/mol. The van der Waals surface area contributed by atoms with Crippen LogP contribution in [0.15, 0.2) is 96.0 Å². The summed E-state index contributed by atoms with van der Waals surface area (Å²) in [6, 6.07) is 25.8. The number of methoxy groups -OCH3 is 1. The molecule has 1 amide bonds. The van der Waals surface area contributed by atoms with Gasteiger partial charge in [0.15, 0.2) is 11.5 Å². The summed E-state index contributed by atoms with van der Waals surface area (Å²) in [6.07, 6.45) is 1.63. The Morgan fingerprint density at radius 1 is 1.00 bits per heavy atom. The molecular weight excluding hydrogens is 467 g/mol. The van der Waals surface area contributed by atoms with Crippen LogP contribution in [-0.2, 0) is 6.61 Å². The lowest BCUT2D eigenvalue weighted by Gasteiger charge is -2.13. The van der Waals surface area contributed by atoms with Gasteiger partial charge in [-0.15, -0.1) is 0 Å². The molecule has 5 nitrogen and oxygen atoms in total. The summed E-state index contributed by atoms with van der Waals surface area (Å²) in [4.78, 5) is 17.1. The van der Waals surface area contributed by atoms with Gasteiger partial charge in [-0.25, -0.2) is 4.39 Å². The third kappa shape index (κ3) is 6.05. The molecule has 0 radical (unpaired) electrons. The summed E-state index contributed by atoms with van der Waals surface area (Å²) < 4.78 is 25.4. The molecule has 4 aromatic carbocycles. The van der Waals surface area contributed by atoms with E-state index < -0.39 is 0 Å². The zero-order valence-corrected chi connectivity index (χ0v) is 19.6. The fraction of sp³-hybridized carbons (Fsp3) is 0.0714. The molecular formula is C28H22ClFN2O3. The number of ether oxygens (including phenoxy) is 2. The minimum absolute atomic E-state index is 0.0391.